The van der Waals surface area contributed by atoms with Crippen LogP contribution >= 0.6 is 0 Å². The minimum atomic E-state index is -4.61. The molecule has 33 heavy (non-hydrogen) atoms. The second-order valence-corrected chi connectivity index (χ2v) is 7.84. The molecule has 1 N–H and O–H groups in total. The molecule has 2 aliphatic heterocycles. The Hall–Kier alpha value is -2.82. The maximum absolute atomic E-state index is 14.2. The Kier molecular flexibility index (Phi) is 6.78. The molecule has 0 aromatic heterocycles. The number of halogens is 5. The van der Waals surface area contributed by atoms with E-state index in [0.717, 1.165) is 11.6 Å². The van der Waals surface area contributed by atoms with Gasteiger partial charge in [-0.3, -0.25) is 9.69 Å². The lowest BCUT2D eigenvalue weighted by Gasteiger charge is -2.41. The van der Waals surface area contributed by atoms with Crippen molar-refractivity contribution in [2.24, 2.45) is 0 Å². The number of carbonyl (C=O) groups excluding carboxylic acids is 1. The molecule has 1 amide bonds. The van der Waals surface area contributed by atoms with Crippen molar-refractivity contribution in [1.29, 1.82) is 0 Å². The average molecular weight is 468 g/mol. The van der Waals surface area contributed by atoms with Crippen molar-refractivity contribution in [2.45, 2.75) is 25.1 Å². The molecule has 1 saturated heterocycles. The molecule has 0 unspecified atom stereocenters. The Labute approximate surface area is 186 Å². The van der Waals surface area contributed by atoms with Gasteiger partial charge in [-0.25, -0.2) is 8.78 Å². The molecule has 176 valence electrons. The molecular weight excluding hydrogens is 447 g/mol. The number of morpholine rings is 1. The summed E-state index contributed by atoms with van der Waals surface area (Å²) in [4.78, 5) is 13.5. The molecular formula is C23H21F5N2O3. The van der Waals surface area contributed by atoms with Crippen LogP contribution in [0.2, 0.25) is 0 Å². The molecule has 0 saturated carbocycles. The zero-order chi connectivity index (χ0) is 23.6. The van der Waals surface area contributed by atoms with Crippen molar-refractivity contribution < 1.29 is 36.2 Å². The lowest BCUT2D eigenvalue weighted by atomic mass is 10.0. The summed E-state index contributed by atoms with van der Waals surface area (Å²) in [6.45, 7) is 1.08. The Balaban J connectivity index is 1.57. The first-order valence-electron chi connectivity index (χ1n) is 10.3. The molecule has 0 spiro atoms. The van der Waals surface area contributed by atoms with E-state index < -0.39 is 42.3 Å². The minimum Gasteiger partial charge on any atom is -0.349 e. The summed E-state index contributed by atoms with van der Waals surface area (Å²) in [6, 6.07) is 7.28. The van der Waals surface area contributed by atoms with Gasteiger partial charge in [0.2, 0.25) is 5.91 Å². The second kappa shape index (κ2) is 9.58. The Morgan fingerprint density at radius 3 is 2.55 bits per heavy atom. The van der Waals surface area contributed by atoms with E-state index in [9.17, 15) is 26.7 Å². The molecule has 2 atom stereocenters. The van der Waals surface area contributed by atoms with Gasteiger partial charge in [0.15, 0.2) is 6.29 Å². The number of rotatable bonds is 6. The van der Waals surface area contributed by atoms with Crippen molar-refractivity contribution in [2.75, 3.05) is 26.2 Å². The highest BCUT2D eigenvalue weighted by Gasteiger charge is 2.36. The molecule has 0 aliphatic carbocycles. The zero-order valence-corrected chi connectivity index (χ0v) is 17.4. The predicted molar refractivity (Wildman–Crippen MR) is 108 cm³/mol. The van der Waals surface area contributed by atoms with Gasteiger partial charge in [0.1, 0.15) is 11.6 Å². The van der Waals surface area contributed by atoms with Crippen LogP contribution in [0.1, 0.15) is 22.7 Å². The van der Waals surface area contributed by atoms with Crippen molar-refractivity contribution in [1.82, 2.24) is 10.2 Å². The quantitative estimate of drug-likeness (QED) is 0.653. The maximum Gasteiger partial charge on any atom is 0.416 e. The third kappa shape index (κ3) is 5.58. The first-order valence-corrected chi connectivity index (χ1v) is 10.3. The molecule has 2 aromatic carbocycles. The van der Waals surface area contributed by atoms with E-state index in [1.807, 2.05) is 4.90 Å². The first kappa shape index (κ1) is 23.3. The fourth-order valence-electron chi connectivity index (χ4n) is 3.92. The zero-order valence-electron chi connectivity index (χ0n) is 17.4. The Morgan fingerprint density at radius 1 is 1.12 bits per heavy atom. The number of nitrogens with zero attached hydrogens (tertiary/aromatic N) is 1. The summed E-state index contributed by atoms with van der Waals surface area (Å²) < 4.78 is 78.3. The fourth-order valence-corrected chi connectivity index (χ4v) is 3.92. The topological polar surface area (TPSA) is 50.8 Å². The highest BCUT2D eigenvalue weighted by molar-refractivity contribution is 5.91. The smallest absolute Gasteiger partial charge is 0.349 e. The van der Waals surface area contributed by atoms with Crippen LogP contribution in [0.25, 0.3) is 0 Å². The predicted octanol–water partition coefficient (Wildman–Crippen LogP) is 3.96. The summed E-state index contributed by atoms with van der Waals surface area (Å²) in [5.74, 6) is -1.45. The van der Waals surface area contributed by atoms with E-state index in [1.165, 1.54) is 18.2 Å². The third-order valence-electron chi connectivity index (χ3n) is 5.53. The van der Waals surface area contributed by atoms with Crippen LogP contribution in [-0.4, -0.2) is 43.3 Å². The van der Waals surface area contributed by atoms with Gasteiger partial charge in [0.25, 0.3) is 0 Å². The van der Waals surface area contributed by atoms with Crippen LogP contribution in [0.4, 0.5) is 22.0 Å². The summed E-state index contributed by atoms with van der Waals surface area (Å²) >= 11 is 0. The van der Waals surface area contributed by atoms with Crippen LogP contribution in [0, 0.1) is 11.6 Å². The van der Waals surface area contributed by atoms with E-state index >= 15 is 0 Å². The number of alkyl halides is 3. The van der Waals surface area contributed by atoms with Gasteiger partial charge >= 0.3 is 6.18 Å². The molecule has 1 fully saturated rings. The van der Waals surface area contributed by atoms with E-state index in [-0.39, 0.29) is 18.1 Å². The van der Waals surface area contributed by atoms with Gasteiger partial charge in [-0.05, 0) is 41.5 Å². The SMILES string of the molecule is O=C1C=C(CN2CCO[C@H](OCc3cc(C(F)(F)F)ccc3F)[C@@H]2c2ccc(F)cc2)CN1. The van der Waals surface area contributed by atoms with E-state index in [1.54, 1.807) is 12.1 Å². The number of hydrogen-bond acceptors (Lipinski definition) is 4. The monoisotopic (exact) mass is 468 g/mol. The molecule has 10 heteroatoms. The van der Waals surface area contributed by atoms with Gasteiger partial charge in [-0.1, -0.05) is 12.1 Å². The molecule has 5 nitrogen and oxygen atoms in total. The molecule has 2 heterocycles. The summed E-state index contributed by atoms with van der Waals surface area (Å²) in [7, 11) is 0. The highest BCUT2D eigenvalue weighted by atomic mass is 19.4. The van der Waals surface area contributed by atoms with E-state index in [4.69, 9.17) is 9.47 Å². The fraction of sp³-hybridized carbons (Fsp3) is 0.348. The van der Waals surface area contributed by atoms with Gasteiger partial charge in [0.05, 0.1) is 24.8 Å². The Bertz CT molecular complexity index is 1040. The van der Waals surface area contributed by atoms with E-state index in [0.29, 0.717) is 37.3 Å². The largest absolute Gasteiger partial charge is 0.416 e. The lowest BCUT2D eigenvalue weighted by molar-refractivity contribution is -0.215. The third-order valence-corrected chi connectivity index (χ3v) is 5.53. The van der Waals surface area contributed by atoms with Gasteiger partial charge in [-0.2, -0.15) is 13.2 Å². The summed E-state index contributed by atoms with van der Waals surface area (Å²) in [5.41, 5.74) is 0.269. The summed E-state index contributed by atoms with van der Waals surface area (Å²) in [6.07, 6.45) is -4.06. The van der Waals surface area contributed by atoms with Gasteiger partial charge in [0, 0.05) is 31.3 Å². The first-order chi connectivity index (χ1) is 15.7. The summed E-state index contributed by atoms with van der Waals surface area (Å²) in [5, 5.41) is 2.70. The molecule has 2 aliphatic rings. The maximum atomic E-state index is 14.2. The minimum absolute atomic E-state index is 0.190. The van der Waals surface area contributed by atoms with E-state index in [2.05, 4.69) is 5.32 Å². The van der Waals surface area contributed by atoms with Crippen LogP contribution in [0.15, 0.2) is 54.1 Å². The average Bonchev–Trinajstić information content (AvgIpc) is 3.18. The van der Waals surface area contributed by atoms with Crippen LogP contribution in [0.3, 0.4) is 0 Å². The van der Waals surface area contributed by atoms with Crippen LogP contribution in [0.5, 0.6) is 0 Å². The molecule has 2 aromatic rings. The van der Waals surface area contributed by atoms with Crippen LogP contribution < -0.4 is 5.32 Å². The van der Waals surface area contributed by atoms with Gasteiger partial charge in [-0.15, -0.1) is 0 Å². The van der Waals surface area contributed by atoms with Crippen LogP contribution in [-0.2, 0) is 27.1 Å². The molecule has 0 bridgehead atoms. The molecule has 4 rings (SSSR count). The number of carbonyl (C=O) groups is 1. The number of benzene rings is 2. The Morgan fingerprint density at radius 2 is 1.88 bits per heavy atom. The number of hydrogen-bond donors (Lipinski definition) is 1. The van der Waals surface area contributed by atoms with Crippen molar-refractivity contribution in [3.05, 3.63) is 82.4 Å². The van der Waals surface area contributed by atoms with Crippen molar-refractivity contribution in [3.8, 4) is 0 Å². The standard InChI is InChI=1S/C23H21F5N2O3/c24-18-4-1-15(2-5-18)21-22(32-8-7-30(21)12-14-9-20(31)29-11-14)33-13-16-10-17(23(26,27)28)3-6-19(16)25/h1-6,9-10,21-22H,7-8,11-13H2,(H,29,31)/t21-,22+/m0/s1. The number of ether oxygens (including phenoxy) is 2. The molecule has 0 radical (unpaired) electrons. The van der Waals surface area contributed by atoms with Crippen molar-refractivity contribution >= 4 is 5.91 Å². The normalized spacial score (nSPS) is 21.7. The highest BCUT2D eigenvalue weighted by Crippen LogP contribution is 2.33. The van der Waals surface area contributed by atoms with Gasteiger partial charge < -0.3 is 14.8 Å². The number of nitrogens with one attached hydrogen (secondary N) is 1. The number of amides is 1. The second-order valence-electron chi connectivity index (χ2n) is 7.84. The lowest BCUT2D eigenvalue weighted by Crippen LogP contribution is -2.47. The van der Waals surface area contributed by atoms with Crippen molar-refractivity contribution in [3.63, 3.8) is 0 Å².